The number of esters is 1. The zero-order valence-corrected chi connectivity index (χ0v) is 12.8. The van der Waals surface area contributed by atoms with E-state index < -0.39 is 24.1 Å². The van der Waals surface area contributed by atoms with E-state index in [-0.39, 0.29) is 12.0 Å². The fraction of sp³-hybridized carbons (Fsp3) is 0.167. The summed E-state index contributed by atoms with van der Waals surface area (Å²) in [7, 11) is 0. The molecule has 0 spiro atoms. The van der Waals surface area contributed by atoms with Crippen LogP contribution in [0, 0.1) is 0 Å². The molecule has 2 rings (SSSR count). The summed E-state index contributed by atoms with van der Waals surface area (Å²) < 4.78 is 4.70. The van der Waals surface area contributed by atoms with Crippen LogP contribution >= 0.6 is 0 Å². The number of carbonyl (C=O) groups is 3. The first-order chi connectivity index (χ1) is 11.5. The van der Waals surface area contributed by atoms with Gasteiger partial charge in [-0.15, -0.1) is 0 Å². The minimum atomic E-state index is -1.05. The fourth-order valence-corrected chi connectivity index (χ4v) is 2.20. The molecule has 0 aromatic heterocycles. The Labute approximate surface area is 139 Å². The third-order valence-corrected chi connectivity index (χ3v) is 3.26. The van der Waals surface area contributed by atoms with Crippen LogP contribution in [0.3, 0.4) is 0 Å². The third-order valence-electron chi connectivity index (χ3n) is 3.26. The van der Waals surface area contributed by atoms with Crippen molar-refractivity contribution in [1.82, 2.24) is 5.32 Å². The number of nitrogens with one attached hydrogen (secondary N) is 1. The van der Waals surface area contributed by atoms with Gasteiger partial charge in [0.1, 0.15) is 0 Å². The molecule has 1 amide bonds. The van der Waals surface area contributed by atoms with Crippen LogP contribution in [-0.4, -0.2) is 29.2 Å². The lowest BCUT2D eigenvalue weighted by Gasteiger charge is -2.16. The first kappa shape index (κ1) is 17.2. The molecule has 0 aliphatic heterocycles. The molecule has 0 aliphatic rings. The molecule has 2 N–H and O–H groups in total. The number of carboxylic acids is 1. The Balaban J connectivity index is 1.96. The second kappa shape index (κ2) is 8.47. The summed E-state index contributed by atoms with van der Waals surface area (Å²) in [4.78, 5) is 34.6. The number of ether oxygens (including phenoxy) is 1. The summed E-state index contributed by atoms with van der Waals surface area (Å²) in [6.07, 6.45) is -0.920. The summed E-state index contributed by atoms with van der Waals surface area (Å²) in [5.41, 5.74) is 1.11. The van der Waals surface area contributed by atoms with Crippen LogP contribution in [0.15, 0.2) is 60.7 Å². The lowest BCUT2D eigenvalue weighted by Crippen LogP contribution is -2.39. The van der Waals surface area contributed by atoms with Crippen molar-refractivity contribution in [3.8, 4) is 0 Å². The van der Waals surface area contributed by atoms with Gasteiger partial charge in [-0.3, -0.25) is 4.79 Å². The molecule has 0 saturated carbocycles. The number of amides is 1. The highest BCUT2D eigenvalue weighted by atomic mass is 16.6. The monoisotopic (exact) mass is 327 g/mol. The summed E-state index contributed by atoms with van der Waals surface area (Å²) in [6.45, 7) is 0. The average molecular weight is 327 g/mol. The quantitative estimate of drug-likeness (QED) is 0.628. The van der Waals surface area contributed by atoms with Crippen LogP contribution < -0.4 is 5.32 Å². The lowest BCUT2D eigenvalue weighted by molar-refractivity contribution is -0.137. The Bertz CT molecular complexity index is 700. The molecule has 2 aromatic rings. The topological polar surface area (TPSA) is 92.7 Å². The SMILES string of the molecule is O=C(O)C[C@@H](Cc1ccccc1)NC(=O)OC(=O)c1ccccc1. The van der Waals surface area contributed by atoms with Gasteiger partial charge in [0.05, 0.1) is 12.0 Å². The van der Waals surface area contributed by atoms with Crippen LogP contribution in [0.2, 0.25) is 0 Å². The Morgan fingerprint density at radius 3 is 2.12 bits per heavy atom. The Hall–Kier alpha value is -3.15. The van der Waals surface area contributed by atoms with Crippen LogP contribution in [0.25, 0.3) is 0 Å². The average Bonchev–Trinajstić information content (AvgIpc) is 2.55. The van der Waals surface area contributed by atoms with Crippen molar-refractivity contribution in [3.05, 3.63) is 71.8 Å². The van der Waals surface area contributed by atoms with Gasteiger partial charge in [-0.2, -0.15) is 0 Å². The number of alkyl carbamates (subject to hydrolysis) is 1. The zero-order chi connectivity index (χ0) is 17.4. The third kappa shape index (κ3) is 5.57. The molecule has 2 aromatic carbocycles. The maximum absolute atomic E-state index is 11.9. The number of carboxylic acid groups (broad SMARTS) is 1. The maximum Gasteiger partial charge on any atom is 0.415 e. The van der Waals surface area contributed by atoms with Gasteiger partial charge in [0.2, 0.25) is 0 Å². The van der Waals surface area contributed by atoms with E-state index >= 15 is 0 Å². The number of rotatable bonds is 6. The van der Waals surface area contributed by atoms with Crippen molar-refractivity contribution in [3.63, 3.8) is 0 Å². The Morgan fingerprint density at radius 2 is 1.54 bits per heavy atom. The first-order valence-electron chi connectivity index (χ1n) is 7.38. The van der Waals surface area contributed by atoms with Crippen LogP contribution in [-0.2, 0) is 16.0 Å². The molecule has 24 heavy (non-hydrogen) atoms. The predicted molar refractivity (Wildman–Crippen MR) is 86.6 cm³/mol. The predicted octanol–water partition coefficient (Wildman–Crippen LogP) is 2.64. The van der Waals surface area contributed by atoms with Gasteiger partial charge in [-0.1, -0.05) is 48.5 Å². The summed E-state index contributed by atoms with van der Waals surface area (Å²) in [5.74, 6) is -1.84. The molecule has 0 unspecified atom stereocenters. The minimum absolute atomic E-state index is 0.241. The first-order valence-corrected chi connectivity index (χ1v) is 7.38. The van der Waals surface area contributed by atoms with E-state index in [2.05, 4.69) is 5.32 Å². The van der Waals surface area contributed by atoms with E-state index in [1.54, 1.807) is 18.2 Å². The number of hydrogen-bond acceptors (Lipinski definition) is 4. The van der Waals surface area contributed by atoms with Gasteiger partial charge in [0, 0.05) is 6.04 Å². The van der Waals surface area contributed by atoms with Crippen molar-refractivity contribution in [2.24, 2.45) is 0 Å². The van der Waals surface area contributed by atoms with E-state index in [1.165, 1.54) is 12.1 Å². The van der Waals surface area contributed by atoms with Gasteiger partial charge in [0.15, 0.2) is 0 Å². The number of benzene rings is 2. The molecule has 6 heteroatoms. The molecule has 0 bridgehead atoms. The van der Waals surface area contributed by atoms with Crippen molar-refractivity contribution in [2.75, 3.05) is 0 Å². The van der Waals surface area contributed by atoms with Gasteiger partial charge in [0.25, 0.3) is 0 Å². The molecule has 0 heterocycles. The number of carbonyl (C=O) groups excluding carboxylic acids is 2. The van der Waals surface area contributed by atoms with Gasteiger partial charge < -0.3 is 15.2 Å². The molecule has 1 atom stereocenters. The molecule has 0 radical (unpaired) electrons. The number of hydrogen-bond donors (Lipinski definition) is 2. The molecule has 0 fully saturated rings. The zero-order valence-electron chi connectivity index (χ0n) is 12.8. The second-order valence-electron chi connectivity index (χ2n) is 5.17. The standard InChI is InChI=1S/C18H17NO5/c20-16(21)12-15(11-13-7-3-1-4-8-13)19-18(23)24-17(22)14-9-5-2-6-10-14/h1-10,15H,11-12H2,(H,19,23)(H,20,21)/t15-/m1/s1. The molecular formula is C18H17NO5. The van der Waals surface area contributed by atoms with E-state index in [4.69, 9.17) is 9.84 Å². The number of aliphatic carboxylic acids is 1. The summed E-state index contributed by atoms with van der Waals surface area (Å²) in [5, 5.41) is 11.4. The van der Waals surface area contributed by atoms with E-state index in [9.17, 15) is 14.4 Å². The summed E-state index contributed by atoms with van der Waals surface area (Å²) >= 11 is 0. The fourth-order valence-electron chi connectivity index (χ4n) is 2.20. The van der Waals surface area contributed by atoms with E-state index in [0.29, 0.717) is 6.42 Å². The normalized spacial score (nSPS) is 11.3. The molecule has 0 saturated heterocycles. The van der Waals surface area contributed by atoms with Crippen LogP contribution in [0.4, 0.5) is 4.79 Å². The maximum atomic E-state index is 11.9. The van der Waals surface area contributed by atoms with Crippen molar-refractivity contribution in [2.45, 2.75) is 18.9 Å². The van der Waals surface area contributed by atoms with Crippen molar-refractivity contribution in [1.29, 1.82) is 0 Å². The largest absolute Gasteiger partial charge is 0.481 e. The van der Waals surface area contributed by atoms with E-state index in [0.717, 1.165) is 5.56 Å². The second-order valence-corrected chi connectivity index (χ2v) is 5.17. The molecule has 6 nitrogen and oxygen atoms in total. The Kier molecular flexibility index (Phi) is 6.08. The van der Waals surface area contributed by atoms with Gasteiger partial charge >= 0.3 is 18.0 Å². The van der Waals surface area contributed by atoms with Crippen molar-refractivity contribution < 1.29 is 24.2 Å². The Morgan fingerprint density at radius 1 is 0.958 bits per heavy atom. The lowest BCUT2D eigenvalue weighted by atomic mass is 10.0. The highest BCUT2D eigenvalue weighted by Crippen LogP contribution is 2.07. The summed E-state index contributed by atoms with van der Waals surface area (Å²) in [6, 6.07) is 16.6. The smallest absolute Gasteiger partial charge is 0.415 e. The van der Waals surface area contributed by atoms with Crippen LogP contribution in [0.5, 0.6) is 0 Å². The minimum Gasteiger partial charge on any atom is -0.481 e. The van der Waals surface area contributed by atoms with Crippen molar-refractivity contribution >= 4 is 18.0 Å². The molecular weight excluding hydrogens is 310 g/mol. The molecule has 124 valence electrons. The highest BCUT2D eigenvalue weighted by molar-refractivity contribution is 5.96. The van der Waals surface area contributed by atoms with E-state index in [1.807, 2.05) is 30.3 Å². The van der Waals surface area contributed by atoms with Gasteiger partial charge in [-0.25, -0.2) is 9.59 Å². The molecule has 0 aliphatic carbocycles. The van der Waals surface area contributed by atoms with Crippen LogP contribution in [0.1, 0.15) is 22.3 Å². The highest BCUT2D eigenvalue weighted by Gasteiger charge is 2.19. The van der Waals surface area contributed by atoms with Gasteiger partial charge in [-0.05, 0) is 24.1 Å².